The molecule has 1 saturated heterocycles. The molecule has 0 unspecified atom stereocenters. The Morgan fingerprint density at radius 3 is 2.72 bits per heavy atom. The Morgan fingerprint density at radius 2 is 2.00 bits per heavy atom. The Morgan fingerprint density at radius 1 is 1.24 bits per heavy atom. The molecular formula is C18H17IN2O2S2. The number of thioether (sulfide) groups is 2. The van der Waals surface area contributed by atoms with E-state index in [1.54, 1.807) is 6.21 Å². The number of nitrogens with zero attached hydrogens (tertiary/aromatic N) is 1. The topological polar surface area (TPSA) is 50.7 Å². The van der Waals surface area contributed by atoms with Crippen molar-refractivity contribution < 1.29 is 9.53 Å². The zero-order valence-electron chi connectivity index (χ0n) is 13.4. The van der Waals surface area contributed by atoms with Crippen LogP contribution in [0.3, 0.4) is 0 Å². The Labute approximate surface area is 169 Å². The minimum absolute atomic E-state index is 0.0596. The van der Waals surface area contributed by atoms with E-state index in [0.717, 1.165) is 9.13 Å². The number of carbonyl (C=O) groups excluding carboxylic acids is 1. The lowest BCUT2D eigenvalue weighted by molar-refractivity contribution is -0.123. The highest BCUT2D eigenvalue weighted by atomic mass is 127. The van der Waals surface area contributed by atoms with Crippen LogP contribution in [0.5, 0.6) is 5.75 Å². The van der Waals surface area contributed by atoms with Crippen molar-refractivity contribution >= 4 is 58.2 Å². The fraction of sp³-hybridized carbons (Fsp3) is 0.222. The van der Waals surface area contributed by atoms with E-state index in [1.807, 2.05) is 59.9 Å². The van der Waals surface area contributed by atoms with Gasteiger partial charge in [-0.3, -0.25) is 4.79 Å². The summed E-state index contributed by atoms with van der Waals surface area (Å²) < 4.78 is 7.15. The lowest BCUT2D eigenvalue weighted by Gasteiger charge is -2.10. The third-order valence-corrected chi connectivity index (χ3v) is 7.17. The fourth-order valence-electron chi connectivity index (χ4n) is 2.22. The molecule has 0 atom stereocenters. The van der Waals surface area contributed by atoms with Crippen molar-refractivity contribution in [2.24, 2.45) is 5.10 Å². The second kappa shape index (κ2) is 9.49. The quantitative estimate of drug-likeness (QED) is 0.378. The predicted octanol–water partition coefficient (Wildman–Crippen LogP) is 4.30. The number of rotatable bonds is 6. The number of ether oxygens (including phenoxy) is 1. The van der Waals surface area contributed by atoms with Crippen LogP contribution in [-0.4, -0.2) is 30.2 Å². The summed E-state index contributed by atoms with van der Waals surface area (Å²) in [5.41, 5.74) is 4.71. The van der Waals surface area contributed by atoms with Crippen LogP contribution in [0, 0.1) is 3.57 Å². The molecule has 1 amide bonds. The highest BCUT2D eigenvalue weighted by molar-refractivity contribution is 14.1. The second-order valence-electron chi connectivity index (χ2n) is 5.28. The van der Waals surface area contributed by atoms with E-state index in [-0.39, 0.29) is 12.5 Å². The van der Waals surface area contributed by atoms with E-state index >= 15 is 0 Å². The van der Waals surface area contributed by atoms with Crippen LogP contribution in [0.1, 0.15) is 15.7 Å². The summed E-state index contributed by atoms with van der Waals surface area (Å²) in [6, 6.07) is 15.8. The molecule has 0 bridgehead atoms. The van der Waals surface area contributed by atoms with Crippen molar-refractivity contribution in [3.05, 3.63) is 63.2 Å². The molecule has 0 aliphatic carbocycles. The molecule has 1 aliphatic rings. The summed E-state index contributed by atoms with van der Waals surface area (Å²) >= 11 is 6.17. The standard InChI is InChI=1S/C18H17IN2O2S2/c19-15-3-1-2-13(10-15)11-20-21-17(22)12-23-16-6-4-14(5-7-16)18-24-8-9-25-18/h1-7,10-11,18H,8-9,12H2,(H,21,22)/b20-11-. The fourth-order valence-corrected chi connectivity index (χ4v) is 5.65. The Bertz CT molecular complexity index is 747. The predicted molar refractivity (Wildman–Crippen MR) is 114 cm³/mol. The van der Waals surface area contributed by atoms with Crippen molar-refractivity contribution in [1.29, 1.82) is 0 Å². The lowest BCUT2D eigenvalue weighted by Crippen LogP contribution is -2.24. The molecule has 2 aromatic rings. The summed E-state index contributed by atoms with van der Waals surface area (Å²) in [4.78, 5) is 11.8. The van der Waals surface area contributed by atoms with E-state index in [4.69, 9.17) is 4.74 Å². The molecule has 0 spiro atoms. The zero-order chi connectivity index (χ0) is 17.5. The van der Waals surface area contributed by atoms with Crippen molar-refractivity contribution in [3.63, 3.8) is 0 Å². The maximum Gasteiger partial charge on any atom is 0.277 e. The van der Waals surface area contributed by atoms with E-state index in [9.17, 15) is 4.79 Å². The van der Waals surface area contributed by atoms with Gasteiger partial charge in [-0.2, -0.15) is 5.10 Å². The molecule has 2 aromatic carbocycles. The van der Waals surface area contributed by atoms with E-state index in [0.29, 0.717) is 10.3 Å². The normalized spacial score (nSPS) is 14.8. The average molecular weight is 484 g/mol. The summed E-state index contributed by atoms with van der Waals surface area (Å²) in [7, 11) is 0. The average Bonchev–Trinajstić information content (AvgIpc) is 3.15. The highest BCUT2D eigenvalue weighted by Crippen LogP contribution is 2.45. The van der Waals surface area contributed by atoms with Crippen molar-refractivity contribution in [2.45, 2.75) is 4.58 Å². The van der Waals surface area contributed by atoms with Crippen LogP contribution in [-0.2, 0) is 4.79 Å². The Hall–Kier alpha value is -1.19. The van der Waals surface area contributed by atoms with Gasteiger partial charge in [-0.05, 0) is 58.0 Å². The molecule has 1 N–H and O–H groups in total. The molecule has 7 heteroatoms. The molecule has 25 heavy (non-hydrogen) atoms. The van der Waals surface area contributed by atoms with E-state index in [2.05, 4.69) is 45.3 Å². The van der Waals surface area contributed by atoms with Gasteiger partial charge in [-0.25, -0.2) is 5.43 Å². The Kier molecular flexibility index (Phi) is 7.06. The number of hydrogen-bond donors (Lipinski definition) is 1. The molecule has 3 rings (SSSR count). The number of halogens is 1. The first kappa shape index (κ1) is 18.6. The van der Waals surface area contributed by atoms with Gasteiger partial charge in [-0.1, -0.05) is 24.3 Å². The highest BCUT2D eigenvalue weighted by Gasteiger charge is 2.17. The van der Waals surface area contributed by atoms with Crippen LogP contribution in [0.4, 0.5) is 0 Å². The number of amides is 1. The smallest absolute Gasteiger partial charge is 0.277 e. The molecule has 0 saturated carbocycles. The maximum absolute atomic E-state index is 11.8. The minimum atomic E-state index is -0.284. The first-order valence-corrected chi connectivity index (χ1v) is 10.9. The summed E-state index contributed by atoms with van der Waals surface area (Å²) in [5, 5.41) is 3.95. The SMILES string of the molecule is O=C(COc1ccc(C2SCCS2)cc1)N/N=C\c1cccc(I)c1. The molecule has 1 fully saturated rings. The van der Waals surface area contributed by atoms with Gasteiger partial charge in [0, 0.05) is 15.1 Å². The molecule has 130 valence electrons. The van der Waals surface area contributed by atoms with Crippen LogP contribution in [0.2, 0.25) is 0 Å². The van der Waals surface area contributed by atoms with Crippen LogP contribution in [0.15, 0.2) is 53.6 Å². The molecule has 4 nitrogen and oxygen atoms in total. The Balaban J connectivity index is 1.44. The lowest BCUT2D eigenvalue weighted by atomic mass is 10.2. The molecule has 0 aromatic heterocycles. The first-order valence-electron chi connectivity index (χ1n) is 7.74. The zero-order valence-corrected chi connectivity index (χ0v) is 17.1. The number of carbonyl (C=O) groups is 1. The van der Waals surface area contributed by atoms with Gasteiger partial charge in [0.2, 0.25) is 0 Å². The van der Waals surface area contributed by atoms with Crippen molar-refractivity contribution in [3.8, 4) is 5.75 Å². The molecule has 0 radical (unpaired) electrons. The first-order chi connectivity index (χ1) is 12.2. The van der Waals surface area contributed by atoms with Crippen LogP contribution < -0.4 is 10.2 Å². The van der Waals surface area contributed by atoms with E-state index < -0.39 is 0 Å². The van der Waals surface area contributed by atoms with Crippen molar-refractivity contribution in [2.75, 3.05) is 18.1 Å². The number of nitrogens with one attached hydrogen (secondary N) is 1. The number of hydrogen-bond acceptors (Lipinski definition) is 5. The van der Waals surface area contributed by atoms with Crippen LogP contribution in [0.25, 0.3) is 0 Å². The van der Waals surface area contributed by atoms with Gasteiger partial charge in [-0.15, -0.1) is 23.5 Å². The second-order valence-corrected chi connectivity index (χ2v) is 9.25. The monoisotopic (exact) mass is 484 g/mol. The van der Waals surface area contributed by atoms with Gasteiger partial charge in [0.1, 0.15) is 5.75 Å². The molecule has 1 aliphatic heterocycles. The van der Waals surface area contributed by atoms with Gasteiger partial charge in [0.25, 0.3) is 5.91 Å². The van der Waals surface area contributed by atoms with Gasteiger partial charge < -0.3 is 4.74 Å². The summed E-state index contributed by atoms with van der Waals surface area (Å²) in [5.74, 6) is 2.81. The largest absolute Gasteiger partial charge is 0.484 e. The van der Waals surface area contributed by atoms with Crippen molar-refractivity contribution in [1.82, 2.24) is 5.43 Å². The molecule has 1 heterocycles. The number of benzene rings is 2. The maximum atomic E-state index is 11.8. The van der Waals surface area contributed by atoms with Gasteiger partial charge >= 0.3 is 0 Å². The van der Waals surface area contributed by atoms with Crippen LogP contribution >= 0.6 is 46.1 Å². The summed E-state index contributed by atoms with van der Waals surface area (Å²) in [6.07, 6.45) is 1.62. The minimum Gasteiger partial charge on any atom is -0.484 e. The third-order valence-electron chi connectivity index (χ3n) is 3.40. The number of hydrazone groups is 1. The van der Waals surface area contributed by atoms with Gasteiger partial charge in [0.05, 0.1) is 10.8 Å². The van der Waals surface area contributed by atoms with E-state index in [1.165, 1.54) is 17.1 Å². The van der Waals surface area contributed by atoms with Gasteiger partial charge in [0.15, 0.2) is 6.61 Å². The molecular weight excluding hydrogens is 467 g/mol. The third kappa shape index (κ3) is 5.93. The summed E-state index contributed by atoms with van der Waals surface area (Å²) in [6.45, 7) is -0.0596.